The van der Waals surface area contributed by atoms with Crippen LogP contribution in [0.3, 0.4) is 0 Å². The van der Waals surface area contributed by atoms with Gasteiger partial charge in [0.1, 0.15) is 11.4 Å². The molecule has 0 aromatic heterocycles. The number of nitrogens with one attached hydrogen (secondary N) is 2. The molecule has 2 heterocycles. The predicted octanol–water partition coefficient (Wildman–Crippen LogP) is 2.47. The zero-order valence-corrected chi connectivity index (χ0v) is 12.7. The summed E-state index contributed by atoms with van der Waals surface area (Å²) in [6.45, 7) is 2.04. The molecule has 1 aromatic rings. The minimum absolute atomic E-state index is 0.0566. The number of piperidine rings is 1. The van der Waals surface area contributed by atoms with Crippen molar-refractivity contribution in [2.24, 2.45) is 4.99 Å². The van der Waals surface area contributed by atoms with Gasteiger partial charge in [-0.15, -0.1) is 0 Å². The molecular weight excluding hydrogens is 272 g/mol. The number of nitrogens with zero attached hydrogens (tertiary/aromatic N) is 2. The van der Waals surface area contributed by atoms with Gasteiger partial charge in [-0.3, -0.25) is 4.99 Å². The fourth-order valence-corrected chi connectivity index (χ4v) is 3.63. The van der Waals surface area contributed by atoms with Gasteiger partial charge in [-0.2, -0.15) is 5.26 Å². The first-order valence-electron chi connectivity index (χ1n) is 8.11. The van der Waals surface area contributed by atoms with Crippen LogP contribution in [0.4, 0.5) is 0 Å². The monoisotopic (exact) mass is 292 g/mol. The molecule has 2 fully saturated rings. The van der Waals surface area contributed by atoms with Crippen molar-refractivity contribution < 1.29 is 0 Å². The number of aliphatic imine (C=N–C) groups is 1. The molecule has 1 aliphatic carbocycles. The standard InChI is InChI=1S/C18H20N4/c19-12-13-3-1-6-15(11-13)17-21-16(14-4-2-5-14)18(22-17)7-9-20-10-8-18/h1,3,6,11,20H,2,4-5,7-10H2,(H,21,22). The van der Waals surface area contributed by atoms with Crippen LogP contribution in [0.25, 0.3) is 0 Å². The summed E-state index contributed by atoms with van der Waals surface area (Å²) in [4.78, 5) is 5.11. The van der Waals surface area contributed by atoms with Crippen molar-refractivity contribution >= 4 is 5.84 Å². The Balaban J connectivity index is 1.75. The lowest BCUT2D eigenvalue weighted by Crippen LogP contribution is -2.43. The van der Waals surface area contributed by atoms with Crippen LogP contribution >= 0.6 is 0 Å². The van der Waals surface area contributed by atoms with E-state index in [1.807, 2.05) is 24.3 Å². The highest BCUT2D eigenvalue weighted by molar-refractivity contribution is 6.02. The number of allylic oxidation sites excluding steroid dienone is 1. The summed E-state index contributed by atoms with van der Waals surface area (Å²) in [7, 11) is 0. The molecule has 2 N–H and O–H groups in total. The van der Waals surface area contributed by atoms with E-state index in [0.29, 0.717) is 5.56 Å². The van der Waals surface area contributed by atoms with Crippen LogP contribution in [0.5, 0.6) is 0 Å². The van der Waals surface area contributed by atoms with Crippen LogP contribution in [0.2, 0.25) is 0 Å². The van der Waals surface area contributed by atoms with Gasteiger partial charge in [0.25, 0.3) is 0 Å². The minimum atomic E-state index is -0.0566. The van der Waals surface area contributed by atoms with Crippen molar-refractivity contribution in [3.05, 3.63) is 46.7 Å². The third-order valence-electron chi connectivity index (χ3n) is 5.04. The third-order valence-corrected chi connectivity index (χ3v) is 5.04. The summed E-state index contributed by atoms with van der Waals surface area (Å²) in [5.41, 5.74) is 4.56. The SMILES string of the molecule is N#Cc1cccc(C2=NC3(CCNCC3)C(=C3CCC3)N2)c1. The lowest BCUT2D eigenvalue weighted by Gasteiger charge is -2.35. The molecule has 1 aromatic carbocycles. The summed E-state index contributed by atoms with van der Waals surface area (Å²) in [5.74, 6) is 0.938. The number of hydrogen-bond acceptors (Lipinski definition) is 4. The highest BCUT2D eigenvalue weighted by atomic mass is 15.2. The molecule has 1 spiro atoms. The maximum atomic E-state index is 9.11. The Bertz CT molecular complexity index is 696. The second kappa shape index (κ2) is 5.26. The van der Waals surface area contributed by atoms with E-state index in [0.717, 1.165) is 37.3 Å². The fraction of sp³-hybridized carbons (Fsp3) is 0.444. The molecule has 4 rings (SSSR count). The normalized spacial score (nSPS) is 22.8. The Labute approximate surface area is 130 Å². The zero-order chi connectivity index (χ0) is 15.0. The summed E-state index contributed by atoms with van der Waals surface area (Å²) < 4.78 is 0. The van der Waals surface area contributed by atoms with E-state index in [-0.39, 0.29) is 5.54 Å². The number of amidine groups is 1. The number of hydrogen-bond donors (Lipinski definition) is 2. The smallest absolute Gasteiger partial charge is 0.133 e. The van der Waals surface area contributed by atoms with Crippen molar-refractivity contribution in [3.63, 3.8) is 0 Å². The van der Waals surface area contributed by atoms with E-state index in [1.54, 1.807) is 5.57 Å². The molecule has 0 atom stereocenters. The van der Waals surface area contributed by atoms with Crippen LogP contribution in [0.15, 0.2) is 40.5 Å². The molecule has 0 bridgehead atoms. The Kier molecular flexibility index (Phi) is 3.24. The maximum Gasteiger partial charge on any atom is 0.133 e. The first kappa shape index (κ1) is 13.5. The average Bonchev–Trinajstić information content (AvgIpc) is 2.85. The van der Waals surface area contributed by atoms with Gasteiger partial charge in [0.2, 0.25) is 0 Å². The summed E-state index contributed by atoms with van der Waals surface area (Å²) in [6.07, 6.45) is 5.83. The van der Waals surface area contributed by atoms with Crippen molar-refractivity contribution in [2.75, 3.05) is 13.1 Å². The maximum absolute atomic E-state index is 9.11. The molecule has 0 radical (unpaired) electrons. The number of nitriles is 1. The molecule has 3 aliphatic rings. The van der Waals surface area contributed by atoms with Gasteiger partial charge in [0, 0.05) is 11.3 Å². The van der Waals surface area contributed by atoms with Crippen LogP contribution in [-0.4, -0.2) is 24.5 Å². The second-order valence-corrected chi connectivity index (χ2v) is 6.39. The molecule has 4 heteroatoms. The summed E-state index contributed by atoms with van der Waals surface area (Å²) in [5, 5.41) is 16.2. The minimum Gasteiger partial charge on any atom is -0.341 e. The van der Waals surface area contributed by atoms with Gasteiger partial charge >= 0.3 is 0 Å². The molecule has 0 unspecified atom stereocenters. The predicted molar refractivity (Wildman–Crippen MR) is 86.5 cm³/mol. The van der Waals surface area contributed by atoms with Gasteiger partial charge in [-0.1, -0.05) is 12.1 Å². The molecular formula is C18H20N4. The molecule has 112 valence electrons. The second-order valence-electron chi connectivity index (χ2n) is 6.39. The highest BCUT2D eigenvalue weighted by Crippen LogP contribution is 2.41. The Morgan fingerprint density at radius 2 is 2.00 bits per heavy atom. The Morgan fingerprint density at radius 1 is 1.18 bits per heavy atom. The number of benzene rings is 1. The van der Waals surface area contributed by atoms with Crippen molar-refractivity contribution in [3.8, 4) is 6.07 Å². The van der Waals surface area contributed by atoms with Gasteiger partial charge < -0.3 is 10.6 Å². The van der Waals surface area contributed by atoms with E-state index < -0.39 is 0 Å². The van der Waals surface area contributed by atoms with Crippen molar-refractivity contribution in [1.82, 2.24) is 10.6 Å². The molecule has 0 amide bonds. The van der Waals surface area contributed by atoms with Crippen LogP contribution in [-0.2, 0) is 0 Å². The van der Waals surface area contributed by atoms with E-state index in [1.165, 1.54) is 25.0 Å². The molecule has 22 heavy (non-hydrogen) atoms. The Morgan fingerprint density at radius 3 is 2.68 bits per heavy atom. The van der Waals surface area contributed by atoms with Gasteiger partial charge in [0.05, 0.1) is 11.6 Å². The van der Waals surface area contributed by atoms with Crippen LogP contribution in [0, 0.1) is 11.3 Å². The van der Waals surface area contributed by atoms with Crippen LogP contribution < -0.4 is 10.6 Å². The summed E-state index contributed by atoms with van der Waals surface area (Å²) in [6, 6.07) is 9.95. The number of rotatable bonds is 1. The van der Waals surface area contributed by atoms with Gasteiger partial charge in [-0.05, 0) is 62.9 Å². The topological polar surface area (TPSA) is 60.2 Å². The van der Waals surface area contributed by atoms with Gasteiger partial charge in [0.15, 0.2) is 0 Å². The van der Waals surface area contributed by atoms with Gasteiger partial charge in [-0.25, -0.2) is 0 Å². The average molecular weight is 292 g/mol. The third kappa shape index (κ3) is 2.13. The first-order valence-corrected chi connectivity index (χ1v) is 8.11. The zero-order valence-electron chi connectivity index (χ0n) is 12.7. The van der Waals surface area contributed by atoms with E-state index in [2.05, 4.69) is 16.7 Å². The van der Waals surface area contributed by atoms with Crippen molar-refractivity contribution in [1.29, 1.82) is 5.26 Å². The first-order chi connectivity index (χ1) is 10.8. The lowest BCUT2D eigenvalue weighted by molar-refractivity contribution is 0.356. The van der Waals surface area contributed by atoms with E-state index in [9.17, 15) is 0 Å². The molecule has 4 nitrogen and oxygen atoms in total. The van der Waals surface area contributed by atoms with E-state index in [4.69, 9.17) is 10.3 Å². The fourth-order valence-electron chi connectivity index (χ4n) is 3.63. The molecule has 2 aliphatic heterocycles. The molecule has 1 saturated heterocycles. The van der Waals surface area contributed by atoms with E-state index >= 15 is 0 Å². The van der Waals surface area contributed by atoms with Crippen molar-refractivity contribution in [2.45, 2.75) is 37.6 Å². The Hall–Kier alpha value is -2.12. The summed E-state index contributed by atoms with van der Waals surface area (Å²) >= 11 is 0. The quantitative estimate of drug-likeness (QED) is 0.836. The largest absolute Gasteiger partial charge is 0.341 e. The van der Waals surface area contributed by atoms with Crippen LogP contribution in [0.1, 0.15) is 43.2 Å². The lowest BCUT2D eigenvalue weighted by atomic mass is 9.79. The highest BCUT2D eigenvalue weighted by Gasteiger charge is 2.43. The molecule has 1 saturated carbocycles.